The van der Waals surface area contributed by atoms with Crippen LogP contribution in [0.5, 0.6) is 0 Å². The summed E-state index contributed by atoms with van der Waals surface area (Å²) < 4.78 is 14.1. The Labute approximate surface area is 126 Å². The summed E-state index contributed by atoms with van der Waals surface area (Å²) in [5, 5.41) is 2.74. The smallest absolute Gasteiger partial charge is 0.255 e. The number of hydrogen-bond acceptors (Lipinski definition) is 1. The van der Waals surface area contributed by atoms with Gasteiger partial charge in [-0.3, -0.25) is 4.79 Å². The lowest BCUT2D eigenvalue weighted by molar-refractivity contribution is 0.0949. The number of rotatable bonds is 4. The van der Waals surface area contributed by atoms with Crippen molar-refractivity contribution in [3.63, 3.8) is 0 Å². The van der Waals surface area contributed by atoms with Gasteiger partial charge in [-0.25, -0.2) is 4.39 Å². The van der Waals surface area contributed by atoms with Gasteiger partial charge in [0.2, 0.25) is 0 Å². The van der Waals surface area contributed by atoms with Crippen LogP contribution in [-0.2, 0) is 6.42 Å². The zero-order valence-corrected chi connectivity index (χ0v) is 12.7. The van der Waals surface area contributed by atoms with E-state index in [9.17, 15) is 9.18 Å². The third kappa shape index (κ3) is 3.67. The first-order valence-electron chi connectivity index (χ1n) is 6.35. The van der Waals surface area contributed by atoms with Crippen LogP contribution in [0, 0.1) is 12.7 Å². The molecule has 20 heavy (non-hydrogen) atoms. The Bertz CT molecular complexity index is 607. The molecular formula is C16H15BrFNO. The quantitative estimate of drug-likeness (QED) is 0.902. The van der Waals surface area contributed by atoms with Crippen LogP contribution in [0.2, 0.25) is 0 Å². The van der Waals surface area contributed by atoms with E-state index in [1.807, 2.05) is 25.1 Å². The van der Waals surface area contributed by atoms with Crippen molar-refractivity contribution >= 4 is 21.8 Å². The summed E-state index contributed by atoms with van der Waals surface area (Å²) in [7, 11) is 0. The van der Waals surface area contributed by atoms with Crippen molar-refractivity contribution in [3.05, 3.63) is 69.4 Å². The molecule has 0 saturated carbocycles. The van der Waals surface area contributed by atoms with Gasteiger partial charge in [0.1, 0.15) is 5.82 Å². The molecule has 2 rings (SSSR count). The van der Waals surface area contributed by atoms with E-state index in [4.69, 9.17) is 0 Å². The lowest BCUT2D eigenvalue weighted by atomic mass is 10.1. The van der Waals surface area contributed by atoms with E-state index >= 15 is 0 Å². The molecule has 0 heterocycles. The van der Waals surface area contributed by atoms with E-state index in [0.29, 0.717) is 11.0 Å². The van der Waals surface area contributed by atoms with Gasteiger partial charge in [0.15, 0.2) is 0 Å². The third-order valence-corrected chi connectivity index (χ3v) is 3.63. The molecule has 4 heteroatoms. The van der Waals surface area contributed by atoms with E-state index in [1.165, 1.54) is 11.6 Å². The Balaban J connectivity index is 1.96. The fourth-order valence-electron chi connectivity index (χ4n) is 1.99. The molecule has 104 valence electrons. The predicted octanol–water partition coefficient (Wildman–Crippen LogP) is 3.87. The first kappa shape index (κ1) is 14.7. The Hall–Kier alpha value is -1.68. The topological polar surface area (TPSA) is 29.1 Å². The fourth-order valence-corrected chi connectivity index (χ4v) is 2.51. The standard InChI is InChI=1S/C16H15BrFNO/c1-11-4-2-5-12(10-11)8-9-19-16(20)15-13(17)6-3-7-14(15)18/h2-7,10H,8-9H2,1H3,(H,19,20). The molecule has 1 N–H and O–H groups in total. The molecule has 0 radical (unpaired) electrons. The number of carbonyl (C=O) groups excluding carboxylic acids is 1. The summed E-state index contributed by atoms with van der Waals surface area (Å²) in [4.78, 5) is 12.0. The van der Waals surface area contributed by atoms with Gasteiger partial charge in [0, 0.05) is 11.0 Å². The van der Waals surface area contributed by atoms with E-state index in [0.717, 1.165) is 12.0 Å². The minimum Gasteiger partial charge on any atom is -0.352 e. The fraction of sp³-hybridized carbons (Fsp3) is 0.188. The van der Waals surface area contributed by atoms with Crippen molar-refractivity contribution in [3.8, 4) is 0 Å². The van der Waals surface area contributed by atoms with Crippen LogP contribution in [0.3, 0.4) is 0 Å². The van der Waals surface area contributed by atoms with Crippen LogP contribution in [0.1, 0.15) is 21.5 Å². The molecule has 2 nitrogen and oxygen atoms in total. The lowest BCUT2D eigenvalue weighted by Crippen LogP contribution is -2.27. The number of halogens is 2. The summed E-state index contributed by atoms with van der Waals surface area (Å²) in [6.07, 6.45) is 0.722. The van der Waals surface area contributed by atoms with Gasteiger partial charge >= 0.3 is 0 Å². The van der Waals surface area contributed by atoms with Crippen molar-refractivity contribution in [1.29, 1.82) is 0 Å². The van der Waals surface area contributed by atoms with Crippen molar-refractivity contribution in [2.75, 3.05) is 6.54 Å². The molecule has 0 unspecified atom stereocenters. The molecule has 0 fully saturated rings. The van der Waals surface area contributed by atoms with Crippen LogP contribution in [-0.4, -0.2) is 12.5 Å². The van der Waals surface area contributed by atoms with Gasteiger partial charge in [-0.15, -0.1) is 0 Å². The summed E-state index contributed by atoms with van der Waals surface area (Å²) in [5.41, 5.74) is 2.39. The molecule has 0 bridgehead atoms. The molecule has 0 aliphatic heterocycles. The summed E-state index contributed by atoms with van der Waals surface area (Å²) in [5.74, 6) is -0.921. The summed E-state index contributed by atoms with van der Waals surface area (Å²) >= 11 is 3.19. The molecular weight excluding hydrogens is 321 g/mol. The second-order valence-corrected chi connectivity index (χ2v) is 5.45. The molecule has 1 amide bonds. The average Bonchev–Trinajstić information content (AvgIpc) is 2.38. The van der Waals surface area contributed by atoms with E-state index in [-0.39, 0.29) is 5.56 Å². The maximum atomic E-state index is 13.6. The highest BCUT2D eigenvalue weighted by Crippen LogP contribution is 2.19. The van der Waals surface area contributed by atoms with Crippen LogP contribution < -0.4 is 5.32 Å². The first-order chi connectivity index (χ1) is 9.58. The Morgan fingerprint density at radius 1 is 1.25 bits per heavy atom. The Kier molecular flexibility index (Phi) is 4.90. The molecule has 0 atom stereocenters. The second-order valence-electron chi connectivity index (χ2n) is 4.59. The van der Waals surface area contributed by atoms with Crippen molar-refractivity contribution < 1.29 is 9.18 Å². The zero-order valence-electron chi connectivity index (χ0n) is 11.1. The molecule has 2 aromatic carbocycles. The van der Waals surface area contributed by atoms with Gasteiger partial charge < -0.3 is 5.32 Å². The number of hydrogen-bond donors (Lipinski definition) is 1. The maximum Gasteiger partial charge on any atom is 0.255 e. The molecule has 0 saturated heterocycles. The second kappa shape index (κ2) is 6.66. The van der Waals surface area contributed by atoms with Gasteiger partial charge in [0.05, 0.1) is 5.56 Å². The van der Waals surface area contributed by atoms with Crippen LogP contribution in [0.15, 0.2) is 46.9 Å². The Morgan fingerprint density at radius 3 is 2.70 bits per heavy atom. The Morgan fingerprint density at radius 2 is 2.00 bits per heavy atom. The lowest BCUT2D eigenvalue weighted by Gasteiger charge is -2.08. The van der Waals surface area contributed by atoms with E-state index < -0.39 is 11.7 Å². The van der Waals surface area contributed by atoms with Crippen molar-refractivity contribution in [2.45, 2.75) is 13.3 Å². The summed E-state index contributed by atoms with van der Waals surface area (Å²) in [6.45, 7) is 2.50. The predicted molar refractivity (Wildman–Crippen MR) is 81.3 cm³/mol. The molecule has 0 aromatic heterocycles. The number of benzene rings is 2. The normalized spacial score (nSPS) is 10.3. The van der Waals surface area contributed by atoms with Gasteiger partial charge in [0.25, 0.3) is 5.91 Å². The SMILES string of the molecule is Cc1cccc(CCNC(=O)c2c(F)cccc2Br)c1. The minimum atomic E-state index is -0.521. The van der Waals surface area contributed by atoms with Gasteiger partial charge in [-0.1, -0.05) is 35.9 Å². The average molecular weight is 336 g/mol. The number of carbonyl (C=O) groups is 1. The molecule has 0 spiro atoms. The number of aryl methyl sites for hydroxylation is 1. The third-order valence-electron chi connectivity index (χ3n) is 2.97. The maximum absolute atomic E-state index is 13.6. The highest BCUT2D eigenvalue weighted by Gasteiger charge is 2.14. The minimum absolute atomic E-state index is 0.0525. The van der Waals surface area contributed by atoms with Gasteiger partial charge in [-0.05, 0) is 47.0 Å². The van der Waals surface area contributed by atoms with Crippen molar-refractivity contribution in [2.24, 2.45) is 0 Å². The number of amides is 1. The molecule has 0 aliphatic rings. The van der Waals surface area contributed by atoms with E-state index in [1.54, 1.807) is 12.1 Å². The van der Waals surface area contributed by atoms with Crippen LogP contribution >= 0.6 is 15.9 Å². The van der Waals surface area contributed by atoms with E-state index in [2.05, 4.69) is 27.3 Å². The largest absolute Gasteiger partial charge is 0.352 e. The van der Waals surface area contributed by atoms with Crippen LogP contribution in [0.4, 0.5) is 4.39 Å². The summed E-state index contributed by atoms with van der Waals surface area (Å²) in [6, 6.07) is 12.6. The highest BCUT2D eigenvalue weighted by atomic mass is 79.9. The molecule has 0 aliphatic carbocycles. The van der Waals surface area contributed by atoms with Crippen molar-refractivity contribution in [1.82, 2.24) is 5.32 Å². The van der Waals surface area contributed by atoms with Crippen LogP contribution in [0.25, 0.3) is 0 Å². The highest BCUT2D eigenvalue weighted by molar-refractivity contribution is 9.10. The monoisotopic (exact) mass is 335 g/mol. The van der Waals surface area contributed by atoms with Gasteiger partial charge in [-0.2, -0.15) is 0 Å². The molecule has 2 aromatic rings. The number of nitrogens with one attached hydrogen (secondary N) is 1. The first-order valence-corrected chi connectivity index (χ1v) is 7.15. The zero-order chi connectivity index (χ0) is 14.5.